The van der Waals surface area contributed by atoms with Gasteiger partial charge in [-0.25, -0.2) is 0 Å². The zero-order valence-electron chi connectivity index (χ0n) is 16.1. The zero-order chi connectivity index (χ0) is 21.8. The molecule has 30 heavy (non-hydrogen) atoms. The number of nitrogens with one attached hydrogen (secondary N) is 2. The predicted octanol–water partition coefficient (Wildman–Crippen LogP) is 1.89. The number of benzene rings is 1. The van der Waals surface area contributed by atoms with Crippen LogP contribution in [0.4, 0.5) is 5.69 Å². The normalized spacial score (nSPS) is 18.1. The first-order valence-corrected chi connectivity index (χ1v) is 9.58. The van der Waals surface area contributed by atoms with Crippen LogP contribution >= 0.6 is 0 Å². The number of hydrogen-bond donors (Lipinski definition) is 5. The molecule has 0 bridgehead atoms. The SMILES string of the molecule is O=C(O)CCC(=O)Nc1ccc2[nH]cc([C@@H](C(=O)O)N3CCC[C@@H](C(=O)O)C3)c2c1. The molecule has 1 aliphatic heterocycles. The minimum atomic E-state index is -1.09. The lowest BCUT2D eigenvalue weighted by atomic mass is 9.94. The number of H-pyrrole nitrogens is 1. The number of aromatic nitrogens is 1. The maximum Gasteiger partial charge on any atom is 0.325 e. The van der Waals surface area contributed by atoms with Crippen molar-refractivity contribution in [1.29, 1.82) is 0 Å². The molecule has 2 heterocycles. The highest BCUT2D eigenvalue weighted by molar-refractivity contribution is 5.96. The molecule has 0 spiro atoms. The second-order valence-corrected chi connectivity index (χ2v) is 7.36. The Bertz CT molecular complexity index is 984. The van der Waals surface area contributed by atoms with Crippen LogP contribution in [0.15, 0.2) is 24.4 Å². The van der Waals surface area contributed by atoms with Crippen molar-refractivity contribution in [3.8, 4) is 0 Å². The van der Waals surface area contributed by atoms with Crippen LogP contribution in [0.5, 0.6) is 0 Å². The largest absolute Gasteiger partial charge is 0.481 e. The van der Waals surface area contributed by atoms with Gasteiger partial charge in [-0.15, -0.1) is 0 Å². The summed E-state index contributed by atoms with van der Waals surface area (Å²) in [6.07, 6.45) is 2.23. The molecule has 1 fully saturated rings. The van der Waals surface area contributed by atoms with E-state index in [1.165, 1.54) is 0 Å². The van der Waals surface area contributed by atoms with E-state index < -0.39 is 35.8 Å². The van der Waals surface area contributed by atoms with Crippen molar-refractivity contribution in [3.63, 3.8) is 0 Å². The summed E-state index contributed by atoms with van der Waals surface area (Å²) in [5, 5.41) is 31.1. The highest BCUT2D eigenvalue weighted by atomic mass is 16.4. The van der Waals surface area contributed by atoms with Crippen LogP contribution in [0.2, 0.25) is 0 Å². The van der Waals surface area contributed by atoms with Gasteiger partial charge in [0.15, 0.2) is 0 Å². The van der Waals surface area contributed by atoms with E-state index in [4.69, 9.17) is 5.11 Å². The number of carbonyl (C=O) groups is 4. The van der Waals surface area contributed by atoms with Gasteiger partial charge in [0.2, 0.25) is 5.91 Å². The summed E-state index contributed by atoms with van der Waals surface area (Å²) < 4.78 is 0. The van der Waals surface area contributed by atoms with E-state index in [1.807, 2.05) is 0 Å². The van der Waals surface area contributed by atoms with Gasteiger partial charge in [0.05, 0.1) is 12.3 Å². The van der Waals surface area contributed by atoms with Crippen LogP contribution in [-0.2, 0) is 19.2 Å². The Morgan fingerprint density at radius 1 is 1.17 bits per heavy atom. The molecule has 0 saturated carbocycles. The van der Waals surface area contributed by atoms with E-state index in [-0.39, 0.29) is 19.4 Å². The lowest BCUT2D eigenvalue weighted by molar-refractivity contribution is -0.149. The number of anilines is 1. The average Bonchev–Trinajstić information content (AvgIpc) is 3.09. The van der Waals surface area contributed by atoms with E-state index in [1.54, 1.807) is 29.3 Å². The first-order valence-electron chi connectivity index (χ1n) is 9.58. The molecule has 2 atom stereocenters. The minimum Gasteiger partial charge on any atom is -0.481 e. The number of rotatable bonds is 8. The van der Waals surface area contributed by atoms with E-state index in [9.17, 15) is 29.4 Å². The molecule has 0 radical (unpaired) electrons. The standard InChI is InChI=1S/C20H23N3O7/c24-16(5-6-17(25)26)22-12-3-4-15-13(8-12)14(9-21-15)18(20(29)30)23-7-1-2-11(10-23)19(27)28/h3-4,8-9,11,18,21H,1-2,5-7,10H2,(H,22,24)(H,25,26)(H,27,28)(H,29,30)/t11-,18+/m1/s1. The summed E-state index contributed by atoms with van der Waals surface area (Å²) in [5.74, 6) is -4.16. The van der Waals surface area contributed by atoms with E-state index in [0.717, 1.165) is 0 Å². The molecule has 1 aromatic heterocycles. The number of hydrogen-bond acceptors (Lipinski definition) is 5. The third-order valence-corrected chi connectivity index (χ3v) is 5.26. The number of carboxylic acid groups (broad SMARTS) is 3. The number of amides is 1. The molecule has 1 saturated heterocycles. The van der Waals surface area contributed by atoms with Crippen LogP contribution in [0.3, 0.4) is 0 Å². The highest BCUT2D eigenvalue weighted by Crippen LogP contribution is 2.33. The van der Waals surface area contributed by atoms with Crippen molar-refractivity contribution in [2.45, 2.75) is 31.7 Å². The Balaban J connectivity index is 1.87. The Kier molecular flexibility index (Phi) is 6.36. The molecular weight excluding hydrogens is 394 g/mol. The lowest BCUT2D eigenvalue weighted by Gasteiger charge is -2.34. The van der Waals surface area contributed by atoms with Gasteiger partial charge in [-0.3, -0.25) is 24.1 Å². The number of aromatic amines is 1. The fraction of sp³-hybridized carbons (Fsp3) is 0.400. The van der Waals surface area contributed by atoms with Gasteiger partial charge in [-0.1, -0.05) is 0 Å². The summed E-state index contributed by atoms with van der Waals surface area (Å²) in [6, 6.07) is 3.94. The summed E-state index contributed by atoms with van der Waals surface area (Å²) in [7, 11) is 0. The van der Waals surface area contributed by atoms with Gasteiger partial charge in [-0.05, 0) is 37.6 Å². The van der Waals surface area contributed by atoms with Crippen molar-refractivity contribution >= 4 is 40.4 Å². The highest BCUT2D eigenvalue weighted by Gasteiger charge is 2.35. The summed E-state index contributed by atoms with van der Waals surface area (Å²) in [6.45, 7) is 0.615. The van der Waals surface area contributed by atoms with Crippen LogP contribution in [0, 0.1) is 5.92 Å². The van der Waals surface area contributed by atoms with Gasteiger partial charge in [0.1, 0.15) is 6.04 Å². The molecule has 3 rings (SSSR count). The molecule has 160 valence electrons. The quantitative estimate of drug-likeness (QED) is 0.435. The molecule has 1 aromatic carbocycles. The van der Waals surface area contributed by atoms with E-state index >= 15 is 0 Å². The van der Waals surface area contributed by atoms with Crippen molar-refractivity contribution in [3.05, 3.63) is 30.0 Å². The maximum atomic E-state index is 12.1. The van der Waals surface area contributed by atoms with Crippen LogP contribution < -0.4 is 5.32 Å². The molecule has 0 aliphatic carbocycles. The predicted molar refractivity (Wildman–Crippen MR) is 106 cm³/mol. The average molecular weight is 417 g/mol. The zero-order valence-corrected chi connectivity index (χ0v) is 16.1. The molecular formula is C20H23N3O7. The van der Waals surface area contributed by atoms with E-state index in [0.29, 0.717) is 41.5 Å². The van der Waals surface area contributed by atoms with Gasteiger partial charge in [0, 0.05) is 41.3 Å². The number of aliphatic carboxylic acids is 3. The second-order valence-electron chi connectivity index (χ2n) is 7.36. The van der Waals surface area contributed by atoms with Gasteiger partial charge >= 0.3 is 17.9 Å². The molecule has 2 aromatic rings. The fourth-order valence-electron chi connectivity index (χ4n) is 3.82. The number of carboxylic acids is 3. The monoisotopic (exact) mass is 417 g/mol. The topological polar surface area (TPSA) is 160 Å². The molecule has 1 aliphatic rings. The smallest absolute Gasteiger partial charge is 0.325 e. The second kappa shape index (κ2) is 8.95. The number of nitrogens with zero attached hydrogens (tertiary/aromatic N) is 1. The Morgan fingerprint density at radius 3 is 2.60 bits per heavy atom. The number of carbonyl (C=O) groups excluding carboxylic acids is 1. The summed E-state index contributed by atoms with van der Waals surface area (Å²) in [5.41, 5.74) is 1.57. The molecule has 10 heteroatoms. The van der Waals surface area contributed by atoms with Crippen molar-refractivity contribution in [2.24, 2.45) is 5.92 Å². The molecule has 0 unspecified atom stereocenters. The lowest BCUT2D eigenvalue weighted by Crippen LogP contribution is -2.43. The molecule has 1 amide bonds. The summed E-state index contributed by atoms with van der Waals surface area (Å²) in [4.78, 5) is 50.7. The molecule has 10 nitrogen and oxygen atoms in total. The third-order valence-electron chi connectivity index (χ3n) is 5.26. The maximum absolute atomic E-state index is 12.1. The van der Waals surface area contributed by atoms with Crippen molar-refractivity contribution in [2.75, 3.05) is 18.4 Å². The summed E-state index contributed by atoms with van der Waals surface area (Å²) >= 11 is 0. The van der Waals surface area contributed by atoms with E-state index in [2.05, 4.69) is 10.3 Å². The Labute approximate surface area is 171 Å². The van der Waals surface area contributed by atoms with Crippen LogP contribution in [-0.4, -0.2) is 62.1 Å². The van der Waals surface area contributed by atoms with Crippen LogP contribution in [0.1, 0.15) is 37.3 Å². The number of fused-ring (bicyclic) bond motifs is 1. The Hall–Kier alpha value is -3.40. The van der Waals surface area contributed by atoms with Crippen molar-refractivity contribution < 1.29 is 34.5 Å². The first kappa shape index (κ1) is 21.3. The number of piperidine rings is 1. The van der Waals surface area contributed by atoms with Gasteiger partial charge in [-0.2, -0.15) is 0 Å². The third kappa shape index (κ3) is 4.77. The van der Waals surface area contributed by atoms with Crippen molar-refractivity contribution in [1.82, 2.24) is 9.88 Å². The molecule has 5 N–H and O–H groups in total. The minimum absolute atomic E-state index is 0.143. The first-order chi connectivity index (χ1) is 14.3. The number of likely N-dealkylation sites (tertiary alicyclic amines) is 1. The van der Waals surface area contributed by atoms with Gasteiger partial charge in [0.25, 0.3) is 0 Å². The van der Waals surface area contributed by atoms with Crippen LogP contribution in [0.25, 0.3) is 10.9 Å². The Morgan fingerprint density at radius 2 is 1.93 bits per heavy atom. The van der Waals surface area contributed by atoms with Gasteiger partial charge < -0.3 is 25.6 Å². The fourth-order valence-corrected chi connectivity index (χ4v) is 3.82.